The molecular weight excluding hydrogens is 452 g/mol. The van der Waals surface area contributed by atoms with Crippen molar-refractivity contribution in [1.29, 1.82) is 0 Å². The molecule has 1 aliphatic rings. The van der Waals surface area contributed by atoms with Gasteiger partial charge < -0.3 is 14.6 Å². The third kappa shape index (κ3) is 3.91. The maximum Gasteiger partial charge on any atom is 0.258 e. The average molecular weight is 479 g/mol. The quantitative estimate of drug-likeness (QED) is 0.474. The Bertz CT molecular complexity index is 1560. The minimum atomic E-state index is -3.43. The van der Waals surface area contributed by atoms with Gasteiger partial charge in [0.25, 0.3) is 5.56 Å². The summed E-state index contributed by atoms with van der Waals surface area (Å²) in [6, 6.07) is 10.8. The van der Waals surface area contributed by atoms with Gasteiger partial charge in [-0.15, -0.1) is 0 Å². The Balaban J connectivity index is 1.72. The molecule has 0 radical (unpaired) electrons. The predicted molar refractivity (Wildman–Crippen MR) is 132 cm³/mol. The Kier molecular flexibility index (Phi) is 5.53. The first-order chi connectivity index (χ1) is 16.3. The fourth-order valence-electron chi connectivity index (χ4n) is 4.54. The van der Waals surface area contributed by atoms with Crippen molar-refractivity contribution in [1.82, 2.24) is 19.7 Å². The lowest BCUT2D eigenvalue weighted by atomic mass is 9.97. The number of rotatable bonds is 5. The minimum Gasteiger partial charge on any atom is -0.496 e. The van der Waals surface area contributed by atoms with Crippen molar-refractivity contribution in [3.8, 4) is 28.0 Å². The van der Waals surface area contributed by atoms with Gasteiger partial charge in [-0.05, 0) is 54.2 Å². The number of methoxy groups -OCH3 is 1. The van der Waals surface area contributed by atoms with E-state index in [1.807, 2.05) is 35.3 Å². The van der Waals surface area contributed by atoms with Gasteiger partial charge in [0.2, 0.25) is 0 Å². The van der Waals surface area contributed by atoms with Gasteiger partial charge in [0.1, 0.15) is 5.75 Å². The Morgan fingerprint density at radius 1 is 1.06 bits per heavy atom. The standard InChI is InChI=1S/C25H26N4O4S/c1-28-15-23(22-11-19(34(3,31)32)5-7-24(22)33-2)21-10-16(4-6-20(21)25(28)30)17-12-27-29(14-17)18-8-9-26-13-18/h4-7,10-12,14-15,18,26H,8-9,13H2,1-3H3. The summed E-state index contributed by atoms with van der Waals surface area (Å²) >= 11 is 0. The summed E-state index contributed by atoms with van der Waals surface area (Å²) in [4.78, 5) is 13.1. The number of nitrogens with one attached hydrogen (secondary N) is 1. The van der Waals surface area contributed by atoms with Gasteiger partial charge in [0, 0.05) is 54.3 Å². The normalized spacial score (nSPS) is 16.3. The molecule has 0 bridgehead atoms. The zero-order valence-corrected chi connectivity index (χ0v) is 20.1. The topological polar surface area (TPSA) is 95.2 Å². The van der Waals surface area contributed by atoms with Crippen LogP contribution in [0.5, 0.6) is 5.75 Å². The predicted octanol–water partition coefficient (Wildman–Crippen LogP) is 3.02. The molecule has 4 aromatic rings. The number of sulfone groups is 1. The number of hydrogen-bond acceptors (Lipinski definition) is 6. The van der Waals surface area contributed by atoms with Crippen LogP contribution in [-0.2, 0) is 16.9 Å². The van der Waals surface area contributed by atoms with E-state index >= 15 is 0 Å². The van der Waals surface area contributed by atoms with Crippen LogP contribution in [0.4, 0.5) is 0 Å². The number of aryl methyl sites for hydroxylation is 1. The van der Waals surface area contributed by atoms with E-state index in [4.69, 9.17) is 4.74 Å². The molecule has 2 aromatic carbocycles. The molecule has 0 aliphatic carbocycles. The third-order valence-electron chi connectivity index (χ3n) is 6.42. The van der Waals surface area contributed by atoms with E-state index in [9.17, 15) is 13.2 Å². The molecule has 0 amide bonds. The van der Waals surface area contributed by atoms with Crippen LogP contribution in [0, 0.1) is 0 Å². The molecule has 1 atom stereocenters. The Morgan fingerprint density at radius 3 is 2.59 bits per heavy atom. The molecule has 176 valence electrons. The Morgan fingerprint density at radius 2 is 1.88 bits per heavy atom. The van der Waals surface area contributed by atoms with Gasteiger partial charge >= 0.3 is 0 Å². The highest BCUT2D eigenvalue weighted by atomic mass is 32.2. The maximum atomic E-state index is 12.9. The van der Waals surface area contributed by atoms with Crippen LogP contribution in [0.2, 0.25) is 0 Å². The second kappa shape index (κ2) is 8.41. The monoisotopic (exact) mass is 478 g/mol. The molecule has 1 fully saturated rings. The van der Waals surface area contributed by atoms with Crippen LogP contribution in [0.15, 0.2) is 64.7 Å². The first-order valence-corrected chi connectivity index (χ1v) is 12.9. The van der Waals surface area contributed by atoms with E-state index in [1.165, 1.54) is 16.9 Å². The summed E-state index contributed by atoms with van der Waals surface area (Å²) in [7, 11) is -0.198. The molecule has 1 aliphatic heterocycles. The van der Waals surface area contributed by atoms with Crippen LogP contribution in [0.3, 0.4) is 0 Å². The first-order valence-electron chi connectivity index (χ1n) is 11.0. The molecule has 1 N–H and O–H groups in total. The van der Waals surface area contributed by atoms with Crippen LogP contribution in [0.1, 0.15) is 12.5 Å². The van der Waals surface area contributed by atoms with Crippen molar-refractivity contribution >= 4 is 20.6 Å². The van der Waals surface area contributed by atoms with E-state index in [1.54, 1.807) is 32.5 Å². The molecule has 9 heteroatoms. The summed E-state index contributed by atoms with van der Waals surface area (Å²) in [5.41, 5.74) is 3.08. The van der Waals surface area contributed by atoms with Crippen molar-refractivity contribution < 1.29 is 13.2 Å². The smallest absolute Gasteiger partial charge is 0.258 e. The molecule has 1 unspecified atom stereocenters. The highest BCUT2D eigenvalue weighted by molar-refractivity contribution is 7.90. The lowest BCUT2D eigenvalue weighted by Gasteiger charge is -2.15. The molecule has 2 aromatic heterocycles. The maximum absolute atomic E-state index is 12.9. The lowest BCUT2D eigenvalue weighted by molar-refractivity contribution is 0.416. The minimum absolute atomic E-state index is 0.128. The Hall–Kier alpha value is -3.43. The summed E-state index contributed by atoms with van der Waals surface area (Å²) < 4.78 is 33.5. The molecule has 0 saturated carbocycles. The number of fused-ring (bicyclic) bond motifs is 1. The van der Waals surface area contributed by atoms with Crippen molar-refractivity contribution in [3.63, 3.8) is 0 Å². The van der Waals surface area contributed by atoms with E-state index in [2.05, 4.69) is 10.4 Å². The highest BCUT2D eigenvalue weighted by Gasteiger charge is 2.19. The van der Waals surface area contributed by atoms with Crippen LogP contribution < -0.4 is 15.6 Å². The van der Waals surface area contributed by atoms with Gasteiger partial charge in [0.05, 0.1) is 24.2 Å². The third-order valence-corrected chi connectivity index (χ3v) is 7.53. The molecule has 0 spiro atoms. The number of ether oxygens (including phenoxy) is 1. The van der Waals surface area contributed by atoms with Gasteiger partial charge in [-0.1, -0.05) is 6.07 Å². The summed E-state index contributed by atoms with van der Waals surface area (Å²) in [5, 5.41) is 9.18. The highest BCUT2D eigenvalue weighted by Crippen LogP contribution is 2.37. The van der Waals surface area contributed by atoms with Crippen LogP contribution in [-0.4, -0.2) is 49.2 Å². The van der Waals surface area contributed by atoms with Gasteiger partial charge in [-0.3, -0.25) is 9.48 Å². The second-order valence-corrected chi connectivity index (χ2v) is 10.7. The van der Waals surface area contributed by atoms with E-state index in [0.29, 0.717) is 28.3 Å². The van der Waals surface area contributed by atoms with E-state index < -0.39 is 9.84 Å². The summed E-state index contributed by atoms with van der Waals surface area (Å²) in [6.45, 7) is 1.88. The van der Waals surface area contributed by atoms with Crippen LogP contribution in [0.25, 0.3) is 33.0 Å². The summed E-state index contributed by atoms with van der Waals surface area (Å²) in [5.74, 6) is 0.527. The largest absolute Gasteiger partial charge is 0.496 e. The van der Waals surface area contributed by atoms with Crippen molar-refractivity contribution in [2.45, 2.75) is 17.4 Å². The van der Waals surface area contributed by atoms with Crippen molar-refractivity contribution in [3.05, 3.63) is 65.3 Å². The van der Waals surface area contributed by atoms with Gasteiger partial charge in [-0.25, -0.2) is 8.42 Å². The number of pyridine rings is 1. The number of nitrogens with zero attached hydrogens (tertiary/aromatic N) is 3. The molecule has 34 heavy (non-hydrogen) atoms. The molecule has 8 nitrogen and oxygen atoms in total. The van der Waals surface area contributed by atoms with Gasteiger partial charge in [-0.2, -0.15) is 5.10 Å². The molecule has 5 rings (SSSR count). The second-order valence-electron chi connectivity index (χ2n) is 8.71. The lowest BCUT2D eigenvalue weighted by Crippen LogP contribution is -2.16. The van der Waals surface area contributed by atoms with Crippen molar-refractivity contribution in [2.24, 2.45) is 7.05 Å². The Labute approximate surface area is 197 Å². The van der Waals surface area contributed by atoms with E-state index in [0.717, 1.165) is 36.0 Å². The zero-order valence-electron chi connectivity index (χ0n) is 19.3. The molecule has 3 heterocycles. The van der Waals surface area contributed by atoms with E-state index in [-0.39, 0.29) is 10.5 Å². The first kappa shape index (κ1) is 22.4. The zero-order chi connectivity index (χ0) is 24.0. The average Bonchev–Trinajstić information content (AvgIpc) is 3.52. The number of hydrogen-bond donors (Lipinski definition) is 1. The number of benzene rings is 2. The van der Waals surface area contributed by atoms with Crippen LogP contribution >= 0.6 is 0 Å². The molecular formula is C25H26N4O4S. The molecule has 1 saturated heterocycles. The van der Waals surface area contributed by atoms with Crippen molar-refractivity contribution in [2.75, 3.05) is 26.5 Å². The van der Waals surface area contributed by atoms with Gasteiger partial charge in [0.15, 0.2) is 9.84 Å². The fourth-order valence-corrected chi connectivity index (χ4v) is 5.19. The number of aromatic nitrogens is 3. The SMILES string of the molecule is COc1ccc(S(C)(=O)=O)cc1-c1cn(C)c(=O)c2ccc(-c3cnn(C4CCNC4)c3)cc12. The fraction of sp³-hybridized carbons (Fsp3) is 0.280. The summed E-state index contributed by atoms with van der Waals surface area (Å²) in [6.07, 6.45) is 7.81.